The summed E-state index contributed by atoms with van der Waals surface area (Å²) in [6, 6.07) is -0.938. The van der Waals surface area contributed by atoms with Gasteiger partial charge in [-0.15, -0.1) is 0 Å². The normalized spacial score (nSPS) is 47.4. The van der Waals surface area contributed by atoms with Gasteiger partial charge in [0.1, 0.15) is 12.2 Å². The lowest BCUT2D eigenvalue weighted by atomic mass is 9.44. The second-order valence-corrected chi connectivity index (χ2v) is 11.6. The van der Waals surface area contributed by atoms with Crippen molar-refractivity contribution < 1.29 is 32.6 Å². The van der Waals surface area contributed by atoms with Crippen LogP contribution in [0.25, 0.3) is 0 Å². The fourth-order valence-electron chi connectivity index (χ4n) is 7.67. The molecule has 3 saturated carbocycles. The van der Waals surface area contributed by atoms with Crippen LogP contribution in [-0.4, -0.2) is 45.6 Å². The van der Waals surface area contributed by atoms with Crippen molar-refractivity contribution in [2.24, 2.45) is 28.6 Å². The topological polar surface area (TPSA) is 63.6 Å². The zero-order valence-electron chi connectivity index (χ0n) is 20.1. The van der Waals surface area contributed by atoms with Gasteiger partial charge in [0, 0.05) is 29.1 Å². The molecule has 0 aromatic carbocycles. The van der Waals surface area contributed by atoms with Crippen LogP contribution in [0, 0.1) is 28.6 Å². The number of hydrogen-bond acceptors (Lipinski definition) is 5. The number of carbonyl (C=O) groups excluding carboxylic acids is 2. The van der Waals surface area contributed by atoms with E-state index in [1.807, 2.05) is 13.8 Å². The maximum Gasteiger partial charge on any atom is 0.235 e. The van der Waals surface area contributed by atoms with E-state index in [0.717, 1.165) is 6.08 Å². The Morgan fingerprint density at radius 1 is 1.32 bits per heavy atom. The molecule has 2 unspecified atom stereocenters. The summed E-state index contributed by atoms with van der Waals surface area (Å²) >= 11 is 0.507. The summed E-state index contributed by atoms with van der Waals surface area (Å²) in [7, 11) is 0. The van der Waals surface area contributed by atoms with Crippen LogP contribution < -0.4 is 0 Å². The minimum Gasteiger partial charge on any atom is -0.483 e. The number of carbonyl (C=O) groups is 2. The Balaban J connectivity index is 1.87. The van der Waals surface area contributed by atoms with Gasteiger partial charge in [0.25, 0.3) is 0 Å². The molecule has 0 aromatic rings. The van der Waals surface area contributed by atoms with E-state index in [4.69, 9.17) is 4.74 Å². The highest BCUT2D eigenvalue weighted by Crippen LogP contribution is 2.72. The Morgan fingerprint density at radius 2 is 2.00 bits per heavy atom. The van der Waals surface area contributed by atoms with Gasteiger partial charge in [-0.3, -0.25) is 9.59 Å². The summed E-state index contributed by atoms with van der Waals surface area (Å²) in [6.45, 7) is 10.9. The van der Waals surface area contributed by atoms with Gasteiger partial charge in [-0.25, -0.2) is 13.2 Å². The number of ether oxygens (including phenoxy) is 1. The summed E-state index contributed by atoms with van der Waals surface area (Å²) in [5.41, 5.74) is -6.28. The first kappa shape index (κ1) is 25.5. The minimum absolute atomic E-state index is 0.0541. The van der Waals surface area contributed by atoms with Crippen LogP contribution >= 0.6 is 11.8 Å². The SMILES string of the molecule is C=C(CC)OC1(C(=O)SCF)[C@@H](C)C[C@@H]2[C@@H]3C[C@@H](F)C4=CC(=O)C=C[C@]4(C)[C@]3(F)[C@@H](O)CC21C. The fourth-order valence-corrected chi connectivity index (χ4v) is 8.46. The first-order chi connectivity index (χ1) is 15.8. The van der Waals surface area contributed by atoms with Crippen molar-refractivity contribution in [1.29, 1.82) is 0 Å². The molecule has 8 heteroatoms. The van der Waals surface area contributed by atoms with Crippen LogP contribution in [0.15, 0.2) is 36.1 Å². The predicted octanol–water partition coefficient (Wildman–Crippen LogP) is 5.42. The molecule has 0 spiro atoms. The molecule has 0 radical (unpaired) electrons. The summed E-state index contributed by atoms with van der Waals surface area (Å²) in [5.74, 6) is -1.92. The minimum atomic E-state index is -2.24. The molecule has 0 saturated heterocycles. The summed E-state index contributed by atoms with van der Waals surface area (Å²) in [6.07, 6.45) is 1.13. The molecular weight excluding hydrogens is 465 g/mol. The largest absolute Gasteiger partial charge is 0.483 e. The van der Waals surface area contributed by atoms with Crippen molar-refractivity contribution in [3.63, 3.8) is 0 Å². The van der Waals surface area contributed by atoms with Gasteiger partial charge in [-0.1, -0.05) is 33.4 Å². The van der Waals surface area contributed by atoms with Gasteiger partial charge < -0.3 is 9.84 Å². The van der Waals surface area contributed by atoms with Gasteiger partial charge in [0.05, 0.1) is 11.9 Å². The number of aliphatic hydroxyl groups excluding tert-OH is 1. The molecule has 3 fully saturated rings. The van der Waals surface area contributed by atoms with Gasteiger partial charge >= 0.3 is 0 Å². The molecule has 0 aromatic heterocycles. The van der Waals surface area contributed by atoms with Crippen molar-refractivity contribution >= 4 is 22.7 Å². The van der Waals surface area contributed by atoms with Gasteiger partial charge in [-0.2, -0.15) is 0 Å². The molecule has 9 atom stereocenters. The number of thioether (sulfide) groups is 1. The standard InChI is InChI=1S/C26H33F3O4S/c1-6-15(3)33-26(22(32)34-13-27)14(2)9-17-18-11-20(28)19-10-16(30)7-8-23(19,4)25(18,29)21(31)12-24(17,26)5/h7-8,10,14,17-18,20-21,31H,3,6,9,11-13H2,1-2,4-5H3/t14-,17+,18-,20+,21-,23-,24?,25+,26?/m0/s1. The number of aliphatic hydroxyl groups is 1. The lowest BCUT2D eigenvalue weighted by molar-refractivity contribution is -0.223. The van der Waals surface area contributed by atoms with Crippen LogP contribution in [-0.2, 0) is 14.3 Å². The number of fused-ring (bicyclic) bond motifs is 5. The van der Waals surface area contributed by atoms with Crippen molar-refractivity contribution in [3.05, 3.63) is 36.1 Å². The second-order valence-electron chi connectivity index (χ2n) is 10.8. The van der Waals surface area contributed by atoms with Gasteiger partial charge in [-0.05, 0) is 61.6 Å². The molecular formula is C26H33F3O4S. The number of alkyl halides is 3. The monoisotopic (exact) mass is 498 g/mol. The zero-order valence-corrected chi connectivity index (χ0v) is 20.9. The Bertz CT molecular complexity index is 981. The molecule has 34 heavy (non-hydrogen) atoms. The lowest BCUT2D eigenvalue weighted by Gasteiger charge is -2.63. The number of allylic oxidation sites excluding steroid dienone is 5. The number of ketones is 1. The molecule has 188 valence electrons. The molecule has 4 aliphatic carbocycles. The molecule has 4 aliphatic rings. The smallest absolute Gasteiger partial charge is 0.235 e. The highest BCUT2D eigenvalue weighted by Gasteiger charge is 2.78. The van der Waals surface area contributed by atoms with E-state index in [2.05, 4.69) is 6.58 Å². The van der Waals surface area contributed by atoms with Gasteiger partial charge in [0.15, 0.2) is 17.1 Å². The van der Waals surface area contributed by atoms with E-state index in [9.17, 15) is 19.1 Å². The van der Waals surface area contributed by atoms with Crippen LogP contribution in [0.3, 0.4) is 0 Å². The number of rotatable bonds is 5. The van der Waals surface area contributed by atoms with Crippen molar-refractivity contribution in [1.82, 2.24) is 0 Å². The zero-order chi connectivity index (χ0) is 25.3. The van der Waals surface area contributed by atoms with E-state index < -0.39 is 69.0 Å². The third-order valence-corrected chi connectivity index (χ3v) is 10.0. The first-order valence-electron chi connectivity index (χ1n) is 11.9. The average molecular weight is 499 g/mol. The second kappa shape index (κ2) is 8.26. The van der Waals surface area contributed by atoms with Crippen LogP contribution in [0.5, 0.6) is 0 Å². The average Bonchev–Trinajstić information content (AvgIpc) is 2.99. The number of halogens is 3. The Labute approximate surface area is 203 Å². The highest BCUT2D eigenvalue weighted by molar-refractivity contribution is 8.13. The summed E-state index contributed by atoms with van der Waals surface area (Å²) in [4.78, 5) is 25.4. The van der Waals surface area contributed by atoms with Crippen molar-refractivity contribution in [3.8, 4) is 0 Å². The fraction of sp³-hybridized carbons (Fsp3) is 0.692. The summed E-state index contributed by atoms with van der Waals surface area (Å²) < 4.78 is 52.4. The van der Waals surface area contributed by atoms with E-state index in [1.54, 1.807) is 6.92 Å². The summed E-state index contributed by atoms with van der Waals surface area (Å²) in [5, 5.41) is 10.9. The molecule has 1 N–H and O–H groups in total. The van der Waals surface area contributed by atoms with Gasteiger partial charge in [0.2, 0.25) is 5.12 Å². The van der Waals surface area contributed by atoms with E-state index in [0.29, 0.717) is 30.4 Å². The molecule has 0 amide bonds. The maximum atomic E-state index is 17.3. The Kier molecular flexibility index (Phi) is 6.20. The quantitative estimate of drug-likeness (QED) is 0.513. The van der Waals surface area contributed by atoms with Crippen molar-refractivity contribution in [2.45, 2.75) is 76.9 Å². The third kappa shape index (κ3) is 3.03. The Hall–Kier alpha value is -1.54. The first-order valence-corrected chi connectivity index (χ1v) is 12.9. The predicted molar refractivity (Wildman–Crippen MR) is 125 cm³/mol. The lowest BCUT2D eigenvalue weighted by Crippen LogP contribution is -2.70. The molecule has 0 heterocycles. The molecule has 4 nitrogen and oxygen atoms in total. The van der Waals surface area contributed by atoms with Crippen LogP contribution in [0.2, 0.25) is 0 Å². The molecule has 0 bridgehead atoms. The van der Waals surface area contributed by atoms with E-state index in [-0.39, 0.29) is 18.4 Å². The molecule has 0 aliphatic heterocycles. The maximum absolute atomic E-state index is 17.3. The highest BCUT2D eigenvalue weighted by atomic mass is 32.2. The Morgan fingerprint density at radius 3 is 2.62 bits per heavy atom. The van der Waals surface area contributed by atoms with Crippen molar-refractivity contribution in [2.75, 3.05) is 6.01 Å². The van der Waals surface area contributed by atoms with Crippen LogP contribution in [0.4, 0.5) is 13.2 Å². The van der Waals surface area contributed by atoms with E-state index in [1.165, 1.54) is 19.1 Å². The van der Waals surface area contributed by atoms with Crippen LogP contribution in [0.1, 0.15) is 53.4 Å². The molecule has 4 rings (SSSR count). The third-order valence-electron chi connectivity index (χ3n) is 9.36. The van der Waals surface area contributed by atoms with E-state index >= 15 is 8.78 Å². The number of hydrogen-bond donors (Lipinski definition) is 1.